The quantitative estimate of drug-likeness (QED) is 0.414. The van der Waals surface area contributed by atoms with Gasteiger partial charge in [0.1, 0.15) is 0 Å². The standard InChI is InChI=1S/2C10H15.CH3.Zr/c2*1-7-6-10(4,5)9(3)8(7)2;;/h2*1-5H3;1H3;/q3*-1;+3. The Hall–Kier alpha value is -0.157. The van der Waals surface area contributed by atoms with Crippen molar-refractivity contribution >= 4 is 0 Å². The molecule has 0 amide bonds. The molecule has 121 valence electrons. The number of hydrogen-bond donors (Lipinski definition) is 0. The number of hydrogen-bond acceptors (Lipinski definition) is 0. The van der Waals surface area contributed by atoms with Crippen LogP contribution in [0.3, 0.4) is 0 Å². The molecular weight excluding hydrogens is 343 g/mol. The Labute approximate surface area is 159 Å². The van der Waals surface area contributed by atoms with Crippen LogP contribution >= 0.6 is 0 Å². The van der Waals surface area contributed by atoms with E-state index in [1.807, 2.05) is 0 Å². The van der Waals surface area contributed by atoms with Crippen molar-refractivity contribution in [3.63, 3.8) is 0 Å². The average molecular weight is 377 g/mol. The fourth-order valence-electron chi connectivity index (χ4n) is 2.81. The smallest absolute Gasteiger partial charge is 0.358 e. The molecular formula is C21H33Zr. The molecule has 0 aromatic heterocycles. The van der Waals surface area contributed by atoms with Gasteiger partial charge in [-0.2, -0.15) is 22.3 Å². The Kier molecular flexibility index (Phi) is 8.87. The molecule has 0 saturated carbocycles. The van der Waals surface area contributed by atoms with Gasteiger partial charge in [-0.05, 0) is 0 Å². The van der Waals surface area contributed by atoms with Gasteiger partial charge in [-0.1, -0.05) is 66.2 Å². The summed E-state index contributed by atoms with van der Waals surface area (Å²) in [4.78, 5) is 0. The predicted molar refractivity (Wildman–Crippen MR) is 95.6 cm³/mol. The molecule has 0 bridgehead atoms. The van der Waals surface area contributed by atoms with Gasteiger partial charge in [-0.3, -0.25) is 12.2 Å². The van der Waals surface area contributed by atoms with Gasteiger partial charge in [-0.25, -0.2) is 11.1 Å². The summed E-state index contributed by atoms with van der Waals surface area (Å²) in [5.74, 6) is 0. The molecule has 2 rings (SSSR count). The Morgan fingerprint density at radius 1 is 0.591 bits per heavy atom. The predicted octanol–water partition coefficient (Wildman–Crippen LogP) is 6.67. The minimum Gasteiger partial charge on any atom is -0.358 e. The van der Waals surface area contributed by atoms with Crippen molar-refractivity contribution in [2.24, 2.45) is 10.8 Å². The van der Waals surface area contributed by atoms with E-state index in [1.165, 1.54) is 33.4 Å². The molecule has 0 fully saturated rings. The maximum Gasteiger partial charge on any atom is 3.00 e. The van der Waals surface area contributed by atoms with Crippen LogP contribution in [0.2, 0.25) is 0 Å². The van der Waals surface area contributed by atoms with Crippen LogP contribution in [-0.4, -0.2) is 0 Å². The third-order valence-corrected chi connectivity index (χ3v) is 5.12. The molecule has 0 N–H and O–H groups in total. The minimum atomic E-state index is 0. The summed E-state index contributed by atoms with van der Waals surface area (Å²) in [6.07, 6.45) is 6.87. The zero-order valence-corrected chi connectivity index (χ0v) is 19.0. The number of rotatable bonds is 0. The van der Waals surface area contributed by atoms with Gasteiger partial charge < -0.3 is 7.43 Å². The van der Waals surface area contributed by atoms with E-state index in [-0.39, 0.29) is 44.5 Å². The van der Waals surface area contributed by atoms with Crippen LogP contribution in [-0.2, 0) is 26.2 Å². The zero-order valence-electron chi connectivity index (χ0n) is 16.5. The van der Waals surface area contributed by atoms with Crippen LogP contribution in [0.15, 0.2) is 33.4 Å². The third kappa shape index (κ3) is 4.92. The summed E-state index contributed by atoms with van der Waals surface area (Å²) >= 11 is 0. The maximum absolute atomic E-state index is 3.44. The van der Waals surface area contributed by atoms with Gasteiger partial charge in [0.2, 0.25) is 0 Å². The van der Waals surface area contributed by atoms with Gasteiger partial charge in [-0.15, -0.1) is 13.8 Å². The summed E-state index contributed by atoms with van der Waals surface area (Å²) in [6, 6.07) is 0. The van der Waals surface area contributed by atoms with E-state index in [4.69, 9.17) is 0 Å². The minimum absolute atomic E-state index is 0. The van der Waals surface area contributed by atoms with Crippen molar-refractivity contribution in [3.8, 4) is 0 Å². The SMILES string of the molecule is CC1=[C-]C(C)(C)C(C)=C1C.CC1=[C-]C(C)(C)C(C)=C1C.[CH3-].[Zr+3]. The monoisotopic (exact) mass is 375 g/mol. The Bertz CT molecular complexity index is 484. The maximum atomic E-state index is 3.44. The topological polar surface area (TPSA) is 0 Å². The molecule has 0 aliphatic heterocycles. The summed E-state index contributed by atoms with van der Waals surface area (Å²) in [5.41, 5.74) is 8.79. The second-order valence-electron chi connectivity index (χ2n) is 7.25. The van der Waals surface area contributed by atoms with E-state index in [0.717, 1.165) is 0 Å². The van der Waals surface area contributed by atoms with Crippen LogP contribution in [0, 0.1) is 30.4 Å². The summed E-state index contributed by atoms with van der Waals surface area (Å²) in [6.45, 7) is 21.8. The molecule has 0 spiro atoms. The van der Waals surface area contributed by atoms with Crippen molar-refractivity contribution in [1.82, 2.24) is 0 Å². The first kappa shape index (κ1) is 24.1. The van der Waals surface area contributed by atoms with Gasteiger partial charge in [0.15, 0.2) is 0 Å². The van der Waals surface area contributed by atoms with Crippen molar-refractivity contribution in [1.29, 1.82) is 0 Å². The van der Waals surface area contributed by atoms with Crippen LogP contribution in [0.25, 0.3) is 0 Å². The molecule has 22 heavy (non-hydrogen) atoms. The van der Waals surface area contributed by atoms with E-state index >= 15 is 0 Å². The molecule has 1 heteroatoms. The summed E-state index contributed by atoms with van der Waals surface area (Å²) in [5, 5.41) is 0. The normalized spacial score (nSPS) is 21.4. The first-order valence-corrected chi connectivity index (χ1v) is 7.50. The van der Waals surface area contributed by atoms with Crippen LogP contribution in [0.5, 0.6) is 0 Å². The van der Waals surface area contributed by atoms with E-state index in [2.05, 4.69) is 81.4 Å². The van der Waals surface area contributed by atoms with E-state index < -0.39 is 0 Å². The van der Waals surface area contributed by atoms with Crippen LogP contribution in [0.4, 0.5) is 0 Å². The molecule has 0 aromatic rings. The molecule has 0 nitrogen and oxygen atoms in total. The summed E-state index contributed by atoms with van der Waals surface area (Å²) in [7, 11) is 0. The van der Waals surface area contributed by atoms with Gasteiger partial charge in [0, 0.05) is 0 Å². The molecule has 0 atom stereocenters. The first-order chi connectivity index (χ1) is 8.90. The van der Waals surface area contributed by atoms with Crippen molar-refractivity contribution < 1.29 is 26.2 Å². The Balaban J connectivity index is 0. The third-order valence-electron chi connectivity index (χ3n) is 5.12. The molecule has 1 radical (unpaired) electrons. The average Bonchev–Trinajstić information content (AvgIpc) is 2.60. The molecule has 0 saturated heterocycles. The number of allylic oxidation sites excluding steroid dienone is 8. The summed E-state index contributed by atoms with van der Waals surface area (Å²) < 4.78 is 0. The van der Waals surface area contributed by atoms with E-state index in [0.29, 0.717) is 0 Å². The molecule has 0 heterocycles. The van der Waals surface area contributed by atoms with Gasteiger partial charge >= 0.3 is 26.2 Å². The van der Waals surface area contributed by atoms with Crippen molar-refractivity contribution in [2.75, 3.05) is 0 Å². The molecule has 0 unspecified atom stereocenters. The molecule has 2 aliphatic rings. The molecule has 2 aliphatic carbocycles. The van der Waals surface area contributed by atoms with Gasteiger partial charge in [0.25, 0.3) is 0 Å². The zero-order chi connectivity index (χ0) is 15.9. The second kappa shape index (κ2) is 8.09. The van der Waals surface area contributed by atoms with Gasteiger partial charge in [0.05, 0.1) is 0 Å². The Morgan fingerprint density at radius 2 is 0.818 bits per heavy atom. The van der Waals surface area contributed by atoms with Crippen molar-refractivity contribution in [3.05, 3.63) is 53.0 Å². The second-order valence-corrected chi connectivity index (χ2v) is 7.25. The fraction of sp³-hybridized carbons (Fsp3) is 0.571. The molecule has 0 aromatic carbocycles. The van der Waals surface area contributed by atoms with E-state index in [1.54, 1.807) is 0 Å². The Morgan fingerprint density at radius 3 is 0.864 bits per heavy atom. The van der Waals surface area contributed by atoms with E-state index in [9.17, 15) is 0 Å². The van der Waals surface area contributed by atoms with Crippen LogP contribution in [0.1, 0.15) is 69.2 Å². The largest absolute Gasteiger partial charge is 3.00 e. The fourth-order valence-corrected chi connectivity index (χ4v) is 2.81. The first-order valence-electron chi connectivity index (χ1n) is 7.50. The van der Waals surface area contributed by atoms with Crippen LogP contribution < -0.4 is 0 Å². The van der Waals surface area contributed by atoms with Crippen molar-refractivity contribution in [2.45, 2.75) is 69.2 Å².